The minimum atomic E-state index is -0.810. The molecule has 112 valence electrons. The molecule has 2 aromatic carbocycles. The Bertz CT molecular complexity index is 802. The SMILES string of the molecule is O=C(c1ccc(F)cc1)C(Cl)c1cccc2[nH+]cccc12.[Br-]. The molecular weight excluding hydrogens is 369 g/mol. The summed E-state index contributed by atoms with van der Waals surface area (Å²) in [5.74, 6) is -0.620. The van der Waals surface area contributed by atoms with Gasteiger partial charge in [0.1, 0.15) is 11.2 Å². The largest absolute Gasteiger partial charge is 1.00 e. The summed E-state index contributed by atoms with van der Waals surface area (Å²) in [5, 5.41) is 0.0884. The molecule has 3 rings (SSSR count). The fourth-order valence-electron chi connectivity index (χ4n) is 2.30. The van der Waals surface area contributed by atoms with Crippen molar-refractivity contribution in [1.82, 2.24) is 0 Å². The summed E-state index contributed by atoms with van der Waals surface area (Å²) >= 11 is 6.35. The van der Waals surface area contributed by atoms with E-state index in [4.69, 9.17) is 11.6 Å². The number of H-pyrrole nitrogens is 1. The Labute approximate surface area is 142 Å². The molecule has 0 radical (unpaired) electrons. The molecule has 0 spiro atoms. The van der Waals surface area contributed by atoms with E-state index in [0.717, 1.165) is 16.5 Å². The fourth-order valence-corrected chi connectivity index (χ4v) is 2.62. The van der Waals surface area contributed by atoms with Crippen LogP contribution in [0.15, 0.2) is 60.8 Å². The molecule has 1 aromatic heterocycles. The maximum Gasteiger partial charge on any atom is 0.211 e. The molecule has 0 aliphatic heterocycles. The van der Waals surface area contributed by atoms with Crippen LogP contribution in [0.3, 0.4) is 0 Å². The van der Waals surface area contributed by atoms with Gasteiger partial charge in [0, 0.05) is 17.7 Å². The molecule has 3 aromatic rings. The summed E-state index contributed by atoms with van der Waals surface area (Å²) < 4.78 is 12.9. The molecule has 1 atom stereocenters. The molecule has 1 unspecified atom stereocenters. The lowest BCUT2D eigenvalue weighted by atomic mass is 9.99. The van der Waals surface area contributed by atoms with Crippen molar-refractivity contribution in [2.45, 2.75) is 5.38 Å². The molecule has 0 aliphatic carbocycles. The quantitative estimate of drug-likeness (QED) is 0.492. The number of aromatic nitrogens is 1. The molecule has 0 fully saturated rings. The number of nitrogens with one attached hydrogen (secondary N) is 1. The van der Waals surface area contributed by atoms with Crippen LogP contribution >= 0.6 is 11.6 Å². The van der Waals surface area contributed by atoms with E-state index in [1.165, 1.54) is 24.3 Å². The van der Waals surface area contributed by atoms with E-state index in [9.17, 15) is 9.18 Å². The van der Waals surface area contributed by atoms with Crippen molar-refractivity contribution in [1.29, 1.82) is 0 Å². The summed E-state index contributed by atoms with van der Waals surface area (Å²) in [5.41, 5.74) is 2.04. The van der Waals surface area contributed by atoms with Crippen molar-refractivity contribution in [3.8, 4) is 0 Å². The lowest BCUT2D eigenvalue weighted by molar-refractivity contribution is -0.344. The van der Waals surface area contributed by atoms with E-state index >= 15 is 0 Å². The Kier molecular flexibility index (Phi) is 5.27. The molecule has 22 heavy (non-hydrogen) atoms. The summed E-state index contributed by atoms with van der Waals surface area (Å²) in [6.07, 6.45) is 1.82. The smallest absolute Gasteiger partial charge is 0.211 e. The molecule has 0 aliphatic rings. The van der Waals surface area contributed by atoms with Crippen LogP contribution in [0.5, 0.6) is 0 Å². The number of aromatic amines is 1. The van der Waals surface area contributed by atoms with Gasteiger partial charge in [0.2, 0.25) is 5.52 Å². The second kappa shape index (κ2) is 6.99. The monoisotopic (exact) mass is 379 g/mol. The van der Waals surface area contributed by atoms with Crippen molar-refractivity contribution in [2.75, 3.05) is 0 Å². The van der Waals surface area contributed by atoms with Crippen molar-refractivity contribution in [2.24, 2.45) is 0 Å². The Hall–Kier alpha value is -1.78. The van der Waals surface area contributed by atoms with Gasteiger partial charge in [0.25, 0.3) is 0 Å². The topological polar surface area (TPSA) is 31.2 Å². The highest BCUT2D eigenvalue weighted by Gasteiger charge is 2.22. The van der Waals surface area contributed by atoms with Gasteiger partial charge in [-0.15, -0.1) is 11.6 Å². The average molecular weight is 381 g/mol. The summed E-state index contributed by atoms with van der Waals surface area (Å²) in [7, 11) is 0. The summed E-state index contributed by atoms with van der Waals surface area (Å²) in [6.45, 7) is 0. The highest BCUT2D eigenvalue weighted by atomic mass is 79.9. The number of benzene rings is 2. The number of alkyl halides is 1. The zero-order valence-electron chi connectivity index (χ0n) is 11.4. The summed E-state index contributed by atoms with van der Waals surface area (Å²) in [6, 6.07) is 14.8. The van der Waals surface area contributed by atoms with Gasteiger partial charge in [0.15, 0.2) is 12.0 Å². The first-order chi connectivity index (χ1) is 10.2. The van der Waals surface area contributed by atoms with Gasteiger partial charge in [-0.25, -0.2) is 9.37 Å². The van der Waals surface area contributed by atoms with E-state index in [-0.39, 0.29) is 28.6 Å². The maximum atomic E-state index is 12.9. The van der Waals surface area contributed by atoms with Gasteiger partial charge < -0.3 is 17.0 Å². The molecule has 0 amide bonds. The van der Waals surface area contributed by atoms with Crippen LogP contribution in [-0.4, -0.2) is 5.78 Å². The molecular formula is C17H12BrClFNO. The van der Waals surface area contributed by atoms with E-state index in [2.05, 4.69) is 4.98 Å². The number of ketones is 1. The number of carbonyl (C=O) groups is 1. The average Bonchev–Trinajstić information content (AvgIpc) is 2.53. The second-order valence-corrected chi connectivity index (χ2v) is 5.15. The van der Waals surface area contributed by atoms with Crippen LogP contribution in [0.1, 0.15) is 21.3 Å². The van der Waals surface area contributed by atoms with Crippen LogP contribution < -0.4 is 22.0 Å². The van der Waals surface area contributed by atoms with Crippen LogP contribution in [-0.2, 0) is 0 Å². The Morgan fingerprint density at radius 3 is 2.50 bits per heavy atom. The Morgan fingerprint density at radius 1 is 1.05 bits per heavy atom. The Morgan fingerprint density at radius 2 is 1.77 bits per heavy atom. The number of hydrogen-bond acceptors (Lipinski definition) is 1. The number of Topliss-reactive ketones (excluding diaryl/α,β-unsaturated/α-hetero) is 1. The predicted octanol–water partition coefficient (Wildman–Crippen LogP) is 0.960. The molecule has 0 saturated heterocycles. The normalized spacial score (nSPS) is 11.7. The first kappa shape index (κ1) is 16.6. The van der Waals surface area contributed by atoms with E-state index in [1.807, 2.05) is 36.5 Å². The molecule has 1 N–H and O–H groups in total. The first-order valence-electron chi connectivity index (χ1n) is 6.50. The van der Waals surface area contributed by atoms with Gasteiger partial charge in [-0.2, -0.15) is 0 Å². The summed E-state index contributed by atoms with van der Waals surface area (Å²) in [4.78, 5) is 15.5. The van der Waals surface area contributed by atoms with Gasteiger partial charge in [-0.3, -0.25) is 4.79 Å². The van der Waals surface area contributed by atoms with Gasteiger partial charge in [-0.05, 0) is 35.9 Å². The lowest BCUT2D eigenvalue weighted by Crippen LogP contribution is -3.00. The number of carbonyl (C=O) groups excluding carboxylic acids is 1. The third-order valence-electron chi connectivity index (χ3n) is 3.37. The predicted molar refractivity (Wildman–Crippen MR) is 79.8 cm³/mol. The van der Waals surface area contributed by atoms with Crippen LogP contribution in [0.4, 0.5) is 4.39 Å². The van der Waals surface area contributed by atoms with Crippen LogP contribution in [0.2, 0.25) is 0 Å². The third kappa shape index (κ3) is 3.18. The number of halogens is 3. The number of hydrogen-bond donors (Lipinski definition) is 0. The standard InChI is InChI=1S/C17H11ClFNO.BrH/c18-16(17(21)11-6-8-12(19)9-7-11)14-3-1-5-15-13(14)4-2-10-20-15;/h1-10,16H;1H. The maximum absolute atomic E-state index is 12.9. The highest BCUT2D eigenvalue weighted by Crippen LogP contribution is 2.29. The van der Waals surface area contributed by atoms with Gasteiger partial charge in [-0.1, -0.05) is 12.1 Å². The molecule has 5 heteroatoms. The fraction of sp³-hybridized carbons (Fsp3) is 0.0588. The van der Waals surface area contributed by atoms with E-state index in [1.54, 1.807) is 0 Å². The second-order valence-electron chi connectivity index (χ2n) is 4.71. The molecule has 0 saturated carbocycles. The molecule has 2 nitrogen and oxygen atoms in total. The minimum Gasteiger partial charge on any atom is -1.00 e. The molecule has 1 heterocycles. The highest BCUT2D eigenvalue weighted by molar-refractivity contribution is 6.34. The first-order valence-corrected chi connectivity index (χ1v) is 6.93. The van der Waals surface area contributed by atoms with E-state index < -0.39 is 5.38 Å². The van der Waals surface area contributed by atoms with Crippen molar-refractivity contribution in [3.63, 3.8) is 0 Å². The van der Waals surface area contributed by atoms with Gasteiger partial charge in [0.05, 0.1) is 5.39 Å². The zero-order chi connectivity index (χ0) is 14.8. The van der Waals surface area contributed by atoms with Crippen LogP contribution in [0.25, 0.3) is 10.9 Å². The Balaban J connectivity index is 0.00000176. The van der Waals surface area contributed by atoms with Crippen molar-refractivity contribution < 1.29 is 31.2 Å². The number of rotatable bonds is 3. The number of pyridine rings is 1. The van der Waals surface area contributed by atoms with Crippen molar-refractivity contribution >= 4 is 28.3 Å². The lowest BCUT2D eigenvalue weighted by Gasteiger charge is -2.10. The third-order valence-corrected chi connectivity index (χ3v) is 3.80. The minimum absolute atomic E-state index is 0. The molecule has 0 bridgehead atoms. The zero-order valence-corrected chi connectivity index (χ0v) is 13.7. The van der Waals surface area contributed by atoms with Gasteiger partial charge >= 0.3 is 0 Å². The van der Waals surface area contributed by atoms with E-state index in [0.29, 0.717) is 5.56 Å². The van der Waals surface area contributed by atoms with Crippen molar-refractivity contribution in [3.05, 3.63) is 77.7 Å². The number of fused-ring (bicyclic) bond motifs is 1. The van der Waals surface area contributed by atoms with Crippen LogP contribution in [0, 0.1) is 5.82 Å².